The van der Waals surface area contributed by atoms with Crippen LogP contribution in [0.3, 0.4) is 0 Å². The second-order valence-electron chi connectivity index (χ2n) is 10.5. The summed E-state index contributed by atoms with van der Waals surface area (Å²) in [6, 6.07) is 12.4. The van der Waals surface area contributed by atoms with Crippen LogP contribution >= 0.6 is 11.3 Å². The van der Waals surface area contributed by atoms with Gasteiger partial charge in [-0.15, -0.1) is 11.3 Å². The Balaban J connectivity index is 1.04. The molecule has 2 fully saturated rings. The molecule has 0 aliphatic carbocycles. The number of amides is 1. The number of nitrogens with one attached hydrogen (secondary N) is 2. The average Bonchev–Trinajstić information content (AvgIpc) is 3.75. The Labute approximate surface area is 232 Å². The van der Waals surface area contributed by atoms with E-state index in [4.69, 9.17) is 4.74 Å². The van der Waals surface area contributed by atoms with E-state index in [0.717, 1.165) is 70.4 Å². The number of thiophene rings is 1. The smallest absolute Gasteiger partial charge is 0.254 e. The third-order valence-corrected chi connectivity index (χ3v) is 8.60. The minimum Gasteiger partial charge on any atom is -0.372 e. The summed E-state index contributed by atoms with van der Waals surface area (Å²) in [6.45, 7) is 7.56. The minimum absolute atomic E-state index is 0.0201. The predicted octanol–water partition coefficient (Wildman–Crippen LogP) is 3.90. The van der Waals surface area contributed by atoms with Gasteiger partial charge in [0.1, 0.15) is 11.6 Å². The fraction of sp³-hybridized carbons (Fsp3) is 0.414. The van der Waals surface area contributed by atoms with Gasteiger partial charge in [0, 0.05) is 74.5 Å². The van der Waals surface area contributed by atoms with Gasteiger partial charge in [0.15, 0.2) is 0 Å². The lowest BCUT2D eigenvalue weighted by Crippen LogP contribution is -2.56. The Morgan fingerprint density at radius 1 is 0.949 bits per heavy atom. The van der Waals surface area contributed by atoms with E-state index in [2.05, 4.69) is 59.4 Å². The normalized spacial score (nSPS) is 17.9. The summed E-state index contributed by atoms with van der Waals surface area (Å²) in [7, 11) is 0. The van der Waals surface area contributed by atoms with Crippen LogP contribution in [0.4, 0.5) is 0 Å². The van der Waals surface area contributed by atoms with E-state index in [1.54, 1.807) is 29.7 Å². The van der Waals surface area contributed by atoms with Crippen molar-refractivity contribution in [3.8, 4) is 0 Å². The monoisotopic (exact) mass is 545 g/mol. The molecule has 2 aliphatic rings. The number of likely N-dealkylation sites (tertiary alicyclic amines) is 1. The molecule has 2 saturated heterocycles. The van der Waals surface area contributed by atoms with Crippen LogP contribution in [0.15, 0.2) is 66.6 Å². The van der Waals surface area contributed by atoms with Crippen molar-refractivity contribution >= 4 is 17.2 Å². The minimum atomic E-state index is -0.0455. The fourth-order valence-electron chi connectivity index (χ4n) is 5.63. The number of benzene rings is 1. The number of aromatic amines is 2. The van der Waals surface area contributed by atoms with Crippen molar-refractivity contribution < 1.29 is 9.53 Å². The Morgan fingerprint density at radius 2 is 1.67 bits per heavy atom. The van der Waals surface area contributed by atoms with E-state index in [-0.39, 0.29) is 11.5 Å². The number of rotatable bonds is 9. The van der Waals surface area contributed by atoms with Crippen LogP contribution < -0.4 is 0 Å². The fourth-order valence-corrected chi connectivity index (χ4v) is 6.37. The molecule has 2 aliphatic heterocycles. The highest BCUT2D eigenvalue weighted by Crippen LogP contribution is 2.31. The van der Waals surface area contributed by atoms with Gasteiger partial charge in [-0.2, -0.15) is 0 Å². The summed E-state index contributed by atoms with van der Waals surface area (Å²) in [5.74, 6) is 1.44. The van der Waals surface area contributed by atoms with Gasteiger partial charge < -0.3 is 19.6 Å². The second kappa shape index (κ2) is 11.8. The van der Waals surface area contributed by atoms with Gasteiger partial charge in [-0.3, -0.25) is 14.6 Å². The lowest BCUT2D eigenvalue weighted by molar-refractivity contribution is -0.138. The first-order chi connectivity index (χ1) is 19.1. The maximum Gasteiger partial charge on any atom is 0.254 e. The molecule has 39 heavy (non-hydrogen) atoms. The highest BCUT2D eigenvalue weighted by molar-refractivity contribution is 7.09. The zero-order valence-electron chi connectivity index (χ0n) is 22.1. The molecule has 1 spiro atoms. The van der Waals surface area contributed by atoms with Crippen molar-refractivity contribution in [3.63, 3.8) is 0 Å². The number of carbonyl (C=O) groups is 1. The number of hydrogen-bond acceptors (Lipinski definition) is 7. The molecule has 1 amide bonds. The summed E-state index contributed by atoms with van der Waals surface area (Å²) in [5.41, 5.74) is 1.86. The Morgan fingerprint density at radius 3 is 2.28 bits per heavy atom. The van der Waals surface area contributed by atoms with E-state index >= 15 is 0 Å². The third kappa shape index (κ3) is 6.47. The number of H-pyrrole nitrogens is 2. The maximum atomic E-state index is 13.4. The molecule has 204 valence electrons. The van der Waals surface area contributed by atoms with E-state index in [9.17, 15) is 4.79 Å². The number of hydrogen-bond donors (Lipinski definition) is 2. The first kappa shape index (κ1) is 25.9. The van der Waals surface area contributed by atoms with Crippen LogP contribution in [-0.2, 0) is 30.9 Å². The number of ether oxygens (including phenoxy) is 1. The van der Waals surface area contributed by atoms with Gasteiger partial charge >= 0.3 is 0 Å². The molecule has 0 atom stereocenters. The molecular formula is C29H35N7O2S. The summed E-state index contributed by atoms with van der Waals surface area (Å²) < 4.78 is 6.37. The SMILES string of the molecule is O=C(c1ccc(CN2CCC3(CC2)CN(Cc2cccs2)CCO3)cc1)N(Cc1ncc[nH]1)Cc1ncc[nH]1. The largest absolute Gasteiger partial charge is 0.372 e. The van der Waals surface area contributed by atoms with Gasteiger partial charge in [-0.05, 0) is 42.0 Å². The molecule has 3 aromatic heterocycles. The first-order valence-electron chi connectivity index (χ1n) is 13.6. The van der Waals surface area contributed by atoms with Crippen molar-refractivity contribution in [1.29, 1.82) is 0 Å². The van der Waals surface area contributed by atoms with Gasteiger partial charge in [-0.1, -0.05) is 18.2 Å². The van der Waals surface area contributed by atoms with Crippen LogP contribution in [0.25, 0.3) is 0 Å². The van der Waals surface area contributed by atoms with E-state index in [1.807, 2.05) is 23.5 Å². The lowest BCUT2D eigenvalue weighted by atomic mass is 9.89. The highest BCUT2D eigenvalue weighted by atomic mass is 32.1. The zero-order chi connectivity index (χ0) is 26.5. The van der Waals surface area contributed by atoms with Crippen LogP contribution in [0, 0.1) is 0 Å². The van der Waals surface area contributed by atoms with Gasteiger partial charge in [0.25, 0.3) is 5.91 Å². The molecule has 5 heterocycles. The number of carbonyl (C=O) groups excluding carboxylic acids is 1. The van der Waals surface area contributed by atoms with Crippen LogP contribution in [0.5, 0.6) is 0 Å². The maximum absolute atomic E-state index is 13.4. The Kier molecular flexibility index (Phi) is 7.87. The lowest BCUT2D eigenvalue weighted by Gasteiger charge is -2.47. The van der Waals surface area contributed by atoms with Crippen LogP contribution in [0.1, 0.15) is 45.3 Å². The zero-order valence-corrected chi connectivity index (χ0v) is 22.9. The molecule has 1 aromatic carbocycles. The molecule has 0 radical (unpaired) electrons. The Hall–Kier alpha value is -3.31. The van der Waals surface area contributed by atoms with Crippen molar-refractivity contribution in [2.24, 2.45) is 0 Å². The first-order valence-corrected chi connectivity index (χ1v) is 14.5. The van der Waals surface area contributed by atoms with Crippen molar-refractivity contribution in [2.75, 3.05) is 32.8 Å². The molecule has 10 heteroatoms. The molecule has 6 rings (SSSR count). The number of nitrogens with zero attached hydrogens (tertiary/aromatic N) is 5. The summed E-state index contributed by atoms with van der Waals surface area (Å²) in [6.07, 6.45) is 9.04. The second-order valence-corrected chi connectivity index (χ2v) is 11.6. The molecule has 0 saturated carbocycles. The van der Waals surface area contributed by atoms with Crippen molar-refractivity contribution in [3.05, 3.63) is 94.2 Å². The summed E-state index contributed by atoms with van der Waals surface area (Å²) in [5, 5.41) is 2.16. The number of piperidine rings is 1. The summed E-state index contributed by atoms with van der Waals surface area (Å²) >= 11 is 1.84. The van der Waals surface area contributed by atoms with Gasteiger partial charge in [0.05, 0.1) is 25.3 Å². The van der Waals surface area contributed by atoms with Gasteiger partial charge in [-0.25, -0.2) is 9.97 Å². The predicted molar refractivity (Wildman–Crippen MR) is 150 cm³/mol. The molecule has 0 unspecified atom stereocenters. The third-order valence-electron chi connectivity index (χ3n) is 7.74. The molecular weight excluding hydrogens is 510 g/mol. The standard InChI is InChI=1S/C29H35N7O2S/c37-28(36(20-26-30-9-10-31-26)21-27-32-11-12-33-27)24-5-3-23(4-6-24)18-34-13-7-29(8-14-34)22-35(15-16-38-29)19-25-2-1-17-39-25/h1-6,9-12,17H,7-8,13-16,18-22H2,(H,30,31)(H,32,33). The van der Waals surface area contributed by atoms with E-state index < -0.39 is 0 Å². The van der Waals surface area contributed by atoms with Gasteiger partial charge in [0.2, 0.25) is 0 Å². The molecule has 9 nitrogen and oxygen atoms in total. The van der Waals surface area contributed by atoms with Crippen LogP contribution in [0.2, 0.25) is 0 Å². The topological polar surface area (TPSA) is 93.4 Å². The van der Waals surface area contributed by atoms with Crippen molar-refractivity contribution in [1.82, 2.24) is 34.6 Å². The number of imidazole rings is 2. The molecule has 4 aromatic rings. The molecule has 2 N–H and O–H groups in total. The van der Waals surface area contributed by atoms with E-state index in [1.165, 1.54) is 10.4 Å². The summed E-state index contributed by atoms with van der Waals surface area (Å²) in [4.78, 5) is 36.4. The Bertz CT molecular complexity index is 1260. The number of morpholine rings is 1. The highest BCUT2D eigenvalue weighted by Gasteiger charge is 2.39. The number of aromatic nitrogens is 4. The molecule has 0 bridgehead atoms. The van der Waals surface area contributed by atoms with Crippen molar-refractivity contribution in [2.45, 2.75) is 44.6 Å². The average molecular weight is 546 g/mol. The quantitative estimate of drug-likeness (QED) is 0.331. The van der Waals surface area contributed by atoms with E-state index in [0.29, 0.717) is 18.7 Å². The van der Waals surface area contributed by atoms with Crippen LogP contribution in [-0.4, -0.2) is 78.9 Å².